The molecule has 30 heteroatoms. The van der Waals surface area contributed by atoms with Crippen LogP contribution in [0.25, 0.3) is 21.5 Å². The molecule has 0 spiro atoms. The zero-order valence-corrected chi connectivity index (χ0v) is 56.6. The van der Waals surface area contributed by atoms with E-state index in [9.17, 15) is 60.4 Å². The summed E-state index contributed by atoms with van der Waals surface area (Å²) in [6.07, 6.45) is 0. The lowest BCUT2D eigenvalue weighted by Crippen LogP contribution is -2.13. The second-order valence-corrected chi connectivity index (χ2v) is 25.8. The second kappa shape index (κ2) is 34.8. The molecule has 0 saturated carbocycles. The van der Waals surface area contributed by atoms with Crippen LogP contribution in [-0.4, -0.2) is 78.6 Å². The van der Waals surface area contributed by atoms with Crippen LogP contribution in [0.15, 0.2) is 215 Å². The van der Waals surface area contributed by atoms with Crippen LogP contribution in [0.4, 0.5) is 28.4 Å². The standard InChI is InChI=1S/C23H19NO7S.C18H21NO3.C14H12N2O7S.C14H15NO5S/c1-29-22-18-5-3-4-6-19(18)23(30-2)21-13-17(11-12-20(21)22)32(27,28)31-14-15-7-9-16(10-8-15)24(25)26;1-4-21-16-12-15(17(22-5-2)11-13(16)3)19-18(20)14-9-7-6-8-10-14;1-10-5-7-11(8-6-10)24(21,22)23-9-12-13(15(17)18)3-2-4-14(12)16(19)20;1-11-2-8-14(9-3-11)21(17,18)19-10-12-4-6-13(7-5-12)15-20-16/h3-13H,14H2,1-2H3;6-12H,4-5H2,1-3H3,(H,19,20);2-8H,9H2,1H3;2-9,15-16H,10H2,1H3. The van der Waals surface area contributed by atoms with Crippen LogP contribution in [0.3, 0.4) is 0 Å². The maximum atomic E-state index is 12.8. The molecule has 0 heterocycles. The van der Waals surface area contributed by atoms with Gasteiger partial charge in [-0.3, -0.25) is 47.7 Å². The van der Waals surface area contributed by atoms with Crippen molar-refractivity contribution in [3.63, 3.8) is 0 Å². The van der Waals surface area contributed by atoms with Gasteiger partial charge in [0.1, 0.15) is 35.2 Å². The van der Waals surface area contributed by atoms with E-state index < -0.39 is 68.7 Å². The predicted molar refractivity (Wildman–Crippen MR) is 367 cm³/mol. The average Bonchev–Trinajstić information content (AvgIpc) is 0.748. The van der Waals surface area contributed by atoms with E-state index in [1.165, 1.54) is 67.8 Å². The Labute approximate surface area is 569 Å². The molecule has 518 valence electrons. The summed E-state index contributed by atoms with van der Waals surface area (Å²) in [5.74, 6) is 2.37. The lowest BCUT2D eigenvalue weighted by atomic mass is 10.0. The van der Waals surface area contributed by atoms with E-state index in [0.717, 1.165) is 51.4 Å². The Bertz CT molecular complexity index is 4810. The van der Waals surface area contributed by atoms with Gasteiger partial charge in [0.05, 0.1) is 81.5 Å². The third-order valence-corrected chi connectivity index (χ3v) is 18.1. The van der Waals surface area contributed by atoms with Crippen molar-refractivity contribution in [1.29, 1.82) is 0 Å². The Morgan fingerprint density at radius 1 is 0.475 bits per heavy atom. The average molecular weight is 1410 g/mol. The number of nitro groups is 3. The third-order valence-electron chi connectivity index (χ3n) is 14.3. The molecule has 10 rings (SSSR count). The molecule has 3 N–H and O–H groups in total. The predicted octanol–water partition coefficient (Wildman–Crippen LogP) is 14.3. The number of methoxy groups -OCH3 is 2. The summed E-state index contributed by atoms with van der Waals surface area (Å²) in [6, 6.07) is 52.4. The molecule has 1 amide bonds. The summed E-state index contributed by atoms with van der Waals surface area (Å²) >= 11 is 0. The van der Waals surface area contributed by atoms with Gasteiger partial charge in [-0.15, -0.1) is 4.99 Å². The molecule has 0 unspecified atom stereocenters. The number of carbonyl (C=O) groups is 1. The van der Waals surface area contributed by atoms with Gasteiger partial charge in [-0.25, -0.2) is 10.7 Å². The van der Waals surface area contributed by atoms with Gasteiger partial charge >= 0.3 is 0 Å². The van der Waals surface area contributed by atoms with E-state index in [1.54, 1.807) is 80.8 Å². The number of hydrogen-bond donors (Lipinski definition) is 3. The van der Waals surface area contributed by atoms with E-state index in [0.29, 0.717) is 69.3 Å². The highest BCUT2D eigenvalue weighted by Crippen LogP contribution is 2.43. The Kier molecular flexibility index (Phi) is 26.5. The molecular formula is C69H67N5O22S3. The number of anilines is 2. The van der Waals surface area contributed by atoms with Crippen LogP contribution in [0.5, 0.6) is 23.0 Å². The summed E-state index contributed by atoms with van der Waals surface area (Å²) in [4.78, 5) is 46.6. The first-order chi connectivity index (χ1) is 47.2. The highest BCUT2D eigenvalue weighted by Gasteiger charge is 2.28. The topological polar surface area (TPSA) is 367 Å². The molecule has 0 bridgehead atoms. The van der Waals surface area contributed by atoms with Gasteiger partial charge in [-0.05, 0) is 142 Å². The Balaban J connectivity index is 0.000000189. The quantitative estimate of drug-likeness (QED) is 0.0157. The van der Waals surface area contributed by atoms with Gasteiger partial charge in [0.2, 0.25) is 0 Å². The normalized spacial score (nSPS) is 11.1. The minimum absolute atomic E-state index is 0.0393. The molecule has 0 saturated heterocycles. The van der Waals surface area contributed by atoms with Crippen molar-refractivity contribution in [2.24, 2.45) is 0 Å². The number of carbonyl (C=O) groups excluding carboxylic acids is 1. The Hall–Kier alpha value is -11.0. The number of nitrogens with one attached hydrogen (secondary N) is 2. The number of nitrogens with zero attached hydrogens (tertiary/aromatic N) is 3. The SMILES string of the molecule is CCOc1cc(NC(=O)c2ccccc2)c(OCC)cc1C.COc1c2ccccc2c(OC)c2cc(S(=O)(=O)OCc3ccc([N+](=O)[O-])cc3)ccc12.Cc1ccc(S(=O)(=O)OCc2c([N+](=O)[O-])cccc2[N+](=O)[O-])cc1.Cc1ccc(S(=O)(=O)OCc2ccc(NOO)cc2)cc1. The zero-order valence-electron chi connectivity index (χ0n) is 54.2. The largest absolute Gasteiger partial charge is 0.495 e. The van der Waals surface area contributed by atoms with Crippen molar-refractivity contribution in [3.8, 4) is 23.0 Å². The smallest absolute Gasteiger partial charge is 0.297 e. The number of fused-ring (bicyclic) bond motifs is 2. The van der Waals surface area contributed by atoms with Crippen molar-refractivity contribution in [3.05, 3.63) is 269 Å². The molecule has 0 aliphatic carbocycles. The molecule has 0 fully saturated rings. The first-order valence-electron chi connectivity index (χ1n) is 29.7. The van der Waals surface area contributed by atoms with Crippen LogP contribution in [-0.2, 0) is 67.7 Å². The van der Waals surface area contributed by atoms with Crippen LogP contribution < -0.4 is 29.7 Å². The maximum Gasteiger partial charge on any atom is 0.297 e. The molecule has 0 atom stereocenters. The summed E-state index contributed by atoms with van der Waals surface area (Å²) in [7, 11) is -9.00. The number of rotatable bonds is 25. The molecule has 10 aromatic carbocycles. The summed E-state index contributed by atoms with van der Waals surface area (Å²) in [5.41, 5.74) is 6.28. The molecule has 0 radical (unpaired) electrons. The summed E-state index contributed by atoms with van der Waals surface area (Å²) in [5, 5.41) is 46.8. The van der Waals surface area contributed by atoms with Crippen molar-refractivity contribution in [2.75, 3.05) is 38.2 Å². The fourth-order valence-corrected chi connectivity index (χ4v) is 12.0. The fraction of sp³-hybridized carbons (Fsp3) is 0.174. The number of nitro benzene ring substituents is 3. The summed E-state index contributed by atoms with van der Waals surface area (Å²) in [6.45, 7) is 9.40. The second-order valence-electron chi connectivity index (χ2n) is 21.0. The van der Waals surface area contributed by atoms with Crippen molar-refractivity contribution < 1.29 is 86.6 Å². The first-order valence-corrected chi connectivity index (χ1v) is 33.9. The van der Waals surface area contributed by atoms with E-state index in [2.05, 4.69) is 15.8 Å². The maximum absolute atomic E-state index is 12.8. The van der Waals surface area contributed by atoms with Crippen molar-refractivity contribution in [1.82, 2.24) is 0 Å². The molecule has 99 heavy (non-hydrogen) atoms. The van der Waals surface area contributed by atoms with E-state index in [1.807, 2.05) is 82.3 Å². The van der Waals surface area contributed by atoms with Crippen molar-refractivity contribution >= 4 is 86.2 Å². The molecule has 0 aliphatic heterocycles. The monoisotopic (exact) mass is 1410 g/mol. The molecular weight excluding hydrogens is 1350 g/mol. The van der Waals surface area contributed by atoms with Crippen LogP contribution in [0.1, 0.15) is 57.6 Å². The Morgan fingerprint density at radius 3 is 1.39 bits per heavy atom. The van der Waals surface area contributed by atoms with Crippen molar-refractivity contribution in [2.45, 2.75) is 69.1 Å². The lowest BCUT2D eigenvalue weighted by molar-refractivity contribution is -0.396. The fourth-order valence-electron chi connectivity index (χ4n) is 9.33. The Morgan fingerprint density at radius 2 is 0.919 bits per heavy atom. The number of amides is 1. The van der Waals surface area contributed by atoms with Gasteiger partial charge in [-0.2, -0.15) is 25.3 Å². The first kappa shape index (κ1) is 75.4. The molecule has 27 nitrogen and oxygen atoms in total. The highest BCUT2D eigenvalue weighted by atomic mass is 32.2. The van der Waals surface area contributed by atoms with Gasteiger partial charge in [0.15, 0.2) is 0 Å². The third kappa shape index (κ3) is 20.3. The number of ether oxygens (including phenoxy) is 4. The van der Waals surface area contributed by atoms with Gasteiger partial charge < -0.3 is 24.3 Å². The number of benzene rings is 10. The van der Waals surface area contributed by atoms with Crippen LogP contribution >= 0.6 is 0 Å². The number of non-ortho nitro benzene ring substituents is 1. The number of aryl methyl sites for hydroxylation is 3. The highest BCUT2D eigenvalue weighted by molar-refractivity contribution is 7.87. The minimum Gasteiger partial charge on any atom is -0.495 e. The molecule has 0 aliphatic rings. The zero-order chi connectivity index (χ0) is 72.0. The lowest BCUT2D eigenvalue weighted by Gasteiger charge is -2.16. The van der Waals surface area contributed by atoms with E-state index in [4.69, 9.17) is 36.8 Å². The van der Waals surface area contributed by atoms with Crippen LogP contribution in [0.2, 0.25) is 0 Å². The van der Waals surface area contributed by atoms with E-state index in [-0.39, 0.29) is 39.5 Å². The van der Waals surface area contributed by atoms with Gasteiger partial charge in [0.25, 0.3) is 53.3 Å². The number of hydrogen-bond acceptors (Lipinski definition) is 23. The van der Waals surface area contributed by atoms with Gasteiger partial charge in [0, 0.05) is 57.4 Å². The minimum atomic E-state index is -4.21. The van der Waals surface area contributed by atoms with Crippen LogP contribution in [0, 0.1) is 51.1 Å². The molecule has 10 aromatic rings. The molecule has 0 aromatic heterocycles. The van der Waals surface area contributed by atoms with E-state index >= 15 is 0 Å². The van der Waals surface area contributed by atoms with Gasteiger partial charge in [-0.1, -0.05) is 90.0 Å². The summed E-state index contributed by atoms with van der Waals surface area (Å²) < 4.78 is 111.